The number of phosphoric ester groups is 1. The van der Waals surface area contributed by atoms with Crippen LogP contribution in [0.25, 0.3) is 0 Å². The van der Waals surface area contributed by atoms with Crippen LogP contribution >= 0.6 is 7.82 Å². The van der Waals surface area contributed by atoms with Crippen LogP contribution in [0.3, 0.4) is 0 Å². The predicted octanol–water partition coefficient (Wildman–Crippen LogP) is 3.28. The van der Waals surface area contributed by atoms with E-state index >= 15 is 0 Å². The molecule has 0 aliphatic carbocycles. The average molecular weight is 653 g/mol. The lowest BCUT2D eigenvalue weighted by Crippen LogP contribution is -2.65. The van der Waals surface area contributed by atoms with Crippen LogP contribution in [0.5, 0.6) is 11.5 Å². The van der Waals surface area contributed by atoms with Gasteiger partial charge >= 0.3 is 37.7 Å². The fraction of sp³-hybridized carbons (Fsp3) is 0.414. The molecule has 1 heterocycles. The number of para-hydroxylation sites is 2. The van der Waals surface area contributed by atoms with E-state index in [1.54, 1.807) is 36.4 Å². The van der Waals surface area contributed by atoms with Gasteiger partial charge in [-0.3, -0.25) is 24.0 Å². The first-order chi connectivity index (χ1) is 21.3. The summed E-state index contributed by atoms with van der Waals surface area (Å²) in [5.74, 6) is -4.25. The Labute approximate surface area is 258 Å². The van der Waals surface area contributed by atoms with Gasteiger partial charge in [-0.05, 0) is 24.3 Å². The molecule has 6 atom stereocenters. The predicted molar refractivity (Wildman–Crippen MR) is 150 cm³/mol. The van der Waals surface area contributed by atoms with E-state index in [1.165, 1.54) is 24.3 Å². The van der Waals surface area contributed by atoms with Crippen LogP contribution in [0.2, 0.25) is 0 Å². The molecule has 45 heavy (non-hydrogen) atoms. The highest BCUT2D eigenvalue weighted by Gasteiger charge is 2.57. The van der Waals surface area contributed by atoms with Crippen LogP contribution in [0.4, 0.5) is 0 Å². The van der Waals surface area contributed by atoms with E-state index in [2.05, 4.69) is 0 Å². The van der Waals surface area contributed by atoms with Crippen molar-refractivity contribution in [1.29, 1.82) is 0 Å². The molecule has 0 unspecified atom stereocenters. The van der Waals surface area contributed by atoms with E-state index in [1.807, 2.05) is 0 Å². The van der Waals surface area contributed by atoms with Gasteiger partial charge < -0.3 is 37.5 Å². The Bertz CT molecular complexity index is 1340. The number of phosphoric acid groups is 1. The number of benzene rings is 2. The van der Waals surface area contributed by atoms with Crippen molar-refractivity contribution in [2.24, 2.45) is 0 Å². The van der Waals surface area contributed by atoms with Gasteiger partial charge in [0, 0.05) is 34.6 Å². The molecule has 1 aliphatic heterocycles. The molecular weight excluding hydrogens is 619 g/mol. The number of carbonyl (C=O) groups is 5. The molecule has 0 amide bonds. The van der Waals surface area contributed by atoms with E-state index in [-0.39, 0.29) is 11.5 Å². The Kier molecular flexibility index (Phi) is 12.5. The molecule has 3 rings (SSSR count). The highest BCUT2D eigenvalue weighted by molar-refractivity contribution is 7.49. The number of hydrogen-bond acceptors (Lipinski definition) is 15. The Balaban J connectivity index is 2.15. The summed E-state index contributed by atoms with van der Waals surface area (Å²) in [5.41, 5.74) is 0. The van der Waals surface area contributed by atoms with Crippen molar-refractivity contribution in [3.05, 3.63) is 60.7 Å². The molecule has 1 aliphatic rings. The Morgan fingerprint density at radius 2 is 1.13 bits per heavy atom. The van der Waals surface area contributed by atoms with Crippen molar-refractivity contribution < 1.29 is 70.5 Å². The third-order valence-corrected chi connectivity index (χ3v) is 7.06. The lowest BCUT2D eigenvalue weighted by atomic mass is 9.94. The average Bonchev–Trinajstić information content (AvgIpc) is 2.94. The van der Waals surface area contributed by atoms with E-state index < -0.39 is 81.1 Å². The molecule has 2 aromatic carbocycles. The summed E-state index contributed by atoms with van der Waals surface area (Å²) in [4.78, 5) is 60.5. The molecule has 1 fully saturated rings. The Morgan fingerprint density at radius 1 is 0.667 bits per heavy atom. The maximum atomic E-state index is 14.3. The van der Waals surface area contributed by atoms with Gasteiger partial charge in [0.1, 0.15) is 24.2 Å². The van der Waals surface area contributed by atoms with Gasteiger partial charge in [-0.1, -0.05) is 36.4 Å². The first-order valence-electron chi connectivity index (χ1n) is 13.5. The van der Waals surface area contributed by atoms with Gasteiger partial charge in [0.15, 0.2) is 24.4 Å². The summed E-state index contributed by atoms with van der Waals surface area (Å²) in [5, 5.41) is 0. The quantitative estimate of drug-likeness (QED) is 0.174. The summed E-state index contributed by atoms with van der Waals surface area (Å²) in [6, 6.07) is 15.6. The van der Waals surface area contributed by atoms with Crippen LogP contribution in [-0.4, -0.2) is 73.3 Å². The smallest absolute Gasteiger partial charge is 0.462 e. The van der Waals surface area contributed by atoms with Crippen molar-refractivity contribution >= 4 is 37.7 Å². The van der Waals surface area contributed by atoms with Crippen molar-refractivity contribution in [1.82, 2.24) is 0 Å². The maximum Gasteiger partial charge on any atom is 0.590 e. The second-order valence-corrected chi connectivity index (χ2v) is 11.0. The second kappa shape index (κ2) is 16.0. The fourth-order valence-electron chi connectivity index (χ4n) is 4.21. The van der Waals surface area contributed by atoms with Crippen LogP contribution in [-0.2, 0) is 61.5 Å². The van der Waals surface area contributed by atoms with Crippen LogP contribution < -0.4 is 9.05 Å². The molecule has 15 nitrogen and oxygen atoms in total. The summed E-state index contributed by atoms with van der Waals surface area (Å²) in [6.07, 6.45) is -10.2. The molecule has 0 saturated carbocycles. The van der Waals surface area contributed by atoms with Gasteiger partial charge in [0.25, 0.3) is 0 Å². The maximum absolute atomic E-state index is 14.3. The van der Waals surface area contributed by atoms with Gasteiger partial charge in [0.2, 0.25) is 6.29 Å². The topological polar surface area (TPSA) is 185 Å². The number of hydrogen-bond donors (Lipinski definition) is 0. The van der Waals surface area contributed by atoms with E-state index in [9.17, 15) is 28.5 Å². The first kappa shape index (κ1) is 35.0. The second-order valence-electron chi connectivity index (χ2n) is 9.50. The largest absolute Gasteiger partial charge is 0.590 e. The highest BCUT2D eigenvalue weighted by Crippen LogP contribution is 2.52. The Morgan fingerprint density at radius 3 is 1.58 bits per heavy atom. The molecule has 0 spiro atoms. The fourth-order valence-corrected chi connectivity index (χ4v) is 5.51. The number of ether oxygens (including phenoxy) is 6. The summed E-state index contributed by atoms with van der Waals surface area (Å²) >= 11 is 0. The lowest BCUT2D eigenvalue weighted by Gasteiger charge is -2.45. The van der Waals surface area contributed by atoms with E-state index in [0.29, 0.717) is 0 Å². The third-order valence-electron chi connectivity index (χ3n) is 5.73. The minimum atomic E-state index is -4.79. The van der Waals surface area contributed by atoms with Crippen molar-refractivity contribution in [3.8, 4) is 11.5 Å². The van der Waals surface area contributed by atoms with Gasteiger partial charge in [0.05, 0.1) is 0 Å². The minimum absolute atomic E-state index is 0.0510. The molecule has 244 valence electrons. The monoisotopic (exact) mass is 652 g/mol. The lowest BCUT2D eigenvalue weighted by molar-refractivity contribution is -0.301. The molecule has 2 aromatic rings. The molecule has 0 N–H and O–H groups in total. The zero-order chi connectivity index (χ0) is 33.1. The number of esters is 5. The molecular formula is C29H33O15P. The zero-order valence-corrected chi connectivity index (χ0v) is 25.9. The summed E-state index contributed by atoms with van der Waals surface area (Å²) in [7, 11) is -4.79. The van der Waals surface area contributed by atoms with Crippen LogP contribution in [0.15, 0.2) is 60.7 Å². The summed E-state index contributed by atoms with van der Waals surface area (Å²) in [6.45, 7) is 4.62. The van der Waals surface area contributed by atoms with Gasteiger partial charge in [-0.15, -0.1) is 0 Å². The van der Waals surface area contributed by atoms with Crippen molar-refractivity contribution in [3.63, 3.8) is 0 Å². The zero-order valence-electron chi connectivity index (χ0n) is 25.0. The van der Waals surface area contributed by atoms with Crippen molar-refractivity contribution in [2.45, 2.75) is 71.4 Å². The van der Waals surface area contributed by atoms with Crippen molar-refractivity contribution in [2.75, 3.05) is 6.61 Å². The van der Waals surface area contributed by atoms with Gasteiger partial charge in [-0.2, -0.15) is 0 Å². The number of rotatable bonds is 13. The SMILES string of the molecule is CC(=O)OC[C@@H](OC(C)=O)[C@H]1O[C@@H](OP(=O)(Oc2ccccc2)Oc2ccccc2)[C@@H](OC(C)=O)[C@@H](OC(C)=O)[C@@H]1OC(C)=O. The molecule has 0 bridgehead atoms. The normalized spacial score (nSPS) is 21.8. The van der Waals surface area contributed by atoms with E-state index in [4.69, 9.17) is 42.0 Å². The van der Waals surface area contributed by atoms with E-state index in [0.717, 1.165) is 34.6 Å². The Hall–Kier alpha value is -4.46. The first-order valence-corrected chi connectivity index (χ1v) is 15.0. The highest BCUT2D eigenvalue weighted by atomic mass is 31.2. The molecule has 0 aromatic heterocycles. The molecule has 1 saturated heterocycles. The standard InChI is InChI=1S/C29H33O15P/c1-17(30)36-16-24(37-18(2)31)25-26(38-19(3)32)27(39-20(4)33)28(40-21(5)34)29(41-25)44-45(35,42-22-12-8-6-9-13-22)43-23-14-10-7-11-15-23/h6-15,24-29H,16H2,1-5H3/t24-,25-,26-,27+,28+,29+/m1/s1. The molecule has 16 heteroatoms. The molecule has 0 radical (unpaired) electrons. The third kappa shape index (κ3) is 10.9. The van der Waals surface area contributed by atoms with Crippen LogP contribution in [0.1, 0.15) is 34.6 Å². The van der Waals surface area contributed by atoms with Crippen LogP contribution in [0, 0.1) is 0 Å². The minimum Gasteiger partial charge on any atom is -0.462 e. The summed E-state index contributed by atoms with van der Waals surface area (Å²) < 4.78 is 64.0. The number of carbonyl (C=O) groups excluding carboxylic acids is 5. The van der Waals surface area contributed by atoms with Gasteiger partial charge in [-0.25, -0.2) is 9.09 Å².